The predicted octanol–water partition coefficient (Wildman–Crippen LogP) is 1.44. The lowest BCUT2D eigenvalue weighted by molar-refractivity contribution is -0.384. The minimum Gasteiger partial charge on any atom is -0.399 e. The van der Waals surface area contributed by atoms with Crippen molar-refractivity contribution in [1.29, 1.82) is 0 Å². The Bertz CT molecular complexity index is 408. The van der Waals surface area contributed by atoms with Crippen LogP contribution in [0.25, 0.3) is 0 Å². The highest BCUT2D eigenvalue weighted by Crippen LogP contribution is 2.30. The van der Waals surface area contributed by atoms with Crippen molar-refractivity contribution in [2.45, 2.75) is 0 Å². The summed E-state index contributed by atoms with van der Waals surface area (Å²) in [4.78, 5) is 12.5. The van der Waals surface area contributed by atoms with Gasteiger partial charge in [0.25, 0.3) is 5.69 Å². The number of halogens is 1. The molecular weight excluding hydrogens is 246 g/mol. The molecule has 0 saturated carbocycles. The summed E-state index contributed by atoms with van der Waals surface area (Å²) in [5.41, 5.74) is 6.62. The first-order valence-electron chi connectivity index (χ1n) is 5.05. The Morgan fingerprint density at radius 3 is 2.59 bits per heavy atom. The molecule has 1 aromatic carbocycles. The van der Waals surface area contributed by atoms with E-state index < -0.39 is 4.92 Å². The molecule has 17 heavy (non-hydrogen) atoms. The van der Waals surface area contributed by atoms with E-state index in [0.717, 1.165) is 0 Å². The van der Waals surface area contributed by atoms with Crippen molar-refractivity contribution in [3.63, 3.8) is 0 Å². The monoisotopic (exact) mass is 259 g/mol. The number of ether oxygens (including phenoxy) is 1. The Hall–Kier alpha value is -1.53. The molecule has 6 nitrogen and oxygen atoms in total. The highest BCUT2D eigenvalue weighted by atomic mass is 35.5. The SMILES string of the molecule is Cl.Nc1ccc(N2CCOCC2)c([N+](=O)[O-])c1. The molecule has 0 spiro atoms. The lowest BCUT2D eigenvalue weighted by Crippen LogP contribution is -2.36. The van der Waals surface area contributed by atoms with Crippen LogP contribution in [0.4, 0.5) is 17.1 Å². The van der Waals surface area contributed by atoms with Crippen LogP contribution in [-0.2, 0) is 4.74 Å². The molecule has 1 aliphatic rings. The topological polar surface area (TPSA) is 81.6 Å². The van der Waals surface area contributed by atoms with E-state index in [0.29, 0.717) is 37.7 Å². The van der Waals surface area contributed by atoms with Gasteiger partial charge in [-0.1, -0.05) is 0 Å². The van der Waals surface area contributed by atoms with Crippen molar-refractivity contribution in [3.8, 4) is 0 Å². The number of nitro groups is 1. The number of nitro benzene ring substituents is 1. The number of nitrogens with zero attached hydrogens (tertiary/aromatic N) is 2. The van der Waals surface area contributed by atoms with Crippen LogP contribution in [0.2, 0.25) is 0 Å². The maximum atomic E-state index is 10.9. The van der Waals surface area contributed by atoms with E-state index in [9.17, 15) is 10.1 Å². The zero-order valence-corrected chi connectivity index (χ0v) is 9.98. The van der Waals surface area contributed by atoms with Crippen LogP contribution in [0.5, 0.6) is 0 Å². The van der Waals surface area contributed by atoms with Gasteiger partial charge in [0.1, 0.15) is 5.69 Å². The van der Waals surface area contributed by atoms with Crippen molar-refractivity contribution in [3.05, 3.63) is 28.3 Å². The molecule has 7 heteroatoms. The maximum Gasteiger partial charge on any atom is 0.294 e. The Morgan fingerprint density at radius 1 is 1.35 bits per heavy atom. The van der Waals surface area contributed by atoms with Crippen molar-refractivity contribution in [1.82, 2.24) is 0 Å². The number of rotatable bonds is 2. The number of nitrogens with two attached hydrogens (primary N) is 1. The summed E-state index contributed by atoms with van der Waals surface area (Å²) in [6.07, 6.45) is 0. The second kappa shape index (κ2) is 5.70. The normalized spacial score (nSPS) is 15.2. The summed E-state index contributed by atoms with van der Waals surface area (Å²) in [5, 5.41) is 10.9. The van der Waals surface area contributed by atoms with Gasteiger partial charge < -0.3 is 15.4 Å². The number of nitrogen functional groups attached to an aromatic ring is 1. The molecule has 94 valence electrons. The third kappa shape index (κ3) is 2.98. The molecule has 1 fully saturated rings. The van der Waals surface area contributed by atoms with Crippen LogP contribution in [0.15, 0.2) is 18.2 Å². The third-order valence-electron chi connectivity index (χ3n) is 2.55. The van der Waals surface area contributed by atoms with E-state index >= 15 is 0 Å². The summed E-state index contributed by atoms with van der Waals surface area (Å²) in [7, 11) is 0. The highest BCUT2D eigenvalue weighted by Gasteiger charge is 2.21. The zero-order valence-electron chi connectivity index (χ0n) is 9.17. The Balaban J connectivity index is 0.00000144. The second-order valence-corrected chi connectivity index (χ2v) is 3.60. The Morgan fingerprint density at radius 2 is 2.00 bits per heavy atom. The summed E-state index contributed by atoms with van der Waals surface area (Å²) in [5.74, 6) is 0. The van der Waals surface area contributed by atoms with Gasteiger partial charge >= 0.3 is 0 Å². The average molecular weight is 260 g/mol. The molecule has 2 rings (SSSR count). The van der Waals surface area contributed by atoms with Gasteiger partial charge in [-0.05, 0) is 12.1 Å². The summed E-state index contributed by atoms with van der Waals surface area (Å²) < 4.78 is 5.21. The molecule has 0 unspecified atom stereocenters. The van der Waals surface area contributed by atoms with E-state index in [2.05, 4.69) is 0 Å². The molecule has 0 aromatic heterocycles. The van der Waals surface area contributed by atoms with Crippen molar-refractivity contribution < 1.29 is 9.66 Å². The number of anilines is 2. The van der Waals surface area contributed by atoms with Gasteiger partial charge in [0.15, 0.2) is 0 Å². The van der Waals surface area contributed by atoms with E-state index in [1.165, 1.54) is 6.07 Å². The number of benzene rings is 1. The fraction of sp³-hybridized carbons (Fsp3) is 0.400. The van der Waals surface area contributed by atoms with Crippen molar-refractivity contribution in [2.75, 3.05) is 36.9 Å². The second-order valence-electron chi connectivity index (χ2n) is 3.60. The fourth-order valence-electron chi connectivity index (χ4n) is 1.76. The first-order valence-corrected chi connectivity index (χ1v) is 5.05. The van der Waals surface area contributed by atoms with Gasteiger partial charge in [0, 0.05) is 24.8 Å². The summed E-state index contributed by atoms with van der Waals surface area (Å²) in [6, 6.07) is 4.77. The summed E-state index contributed by atoms with van der Waals surface area (Å²) >= 11 is 0. The zero-order chi connectivity index (χ0) is 11.5. The minimum atomic E-state index is -0.402. The molecule has 1 saturated heterocycles. The fourth-order valence-corrected chi connectivity index (χ4v) is 1.76. The molecule has 1 aromatic rings. The van der Waals surface area contributed by atoms with E-state index in [4.69, 9.17) is 10.5 Å². The lowest BCUT2D eigenvalue weighted by atomic mass is 10.2. The van der Waals surface area contributed by atoms with Gasteiger partial charge in [0.05, 0.1) is 18.1 Å². The van der Waals surface area contributed by atoms with E-state index in [-0.39, 0.29) is 18.1 Å². The quantitative estimate of drug-likeness (QED) is 0.494. The van der Waals surface area contributed by atoms with Crippen LogP contribution < -0.4 is 10.6 Å². The van der Waals surface area contributed by atoms with Crippen LogP contribution in [0.1, 0.15) is 0 Å². The van der Waals surface area contributed by atoms with Gasteiger partial charge in [-0.3, -0.25) is 10.1 Å². The maximum absolute atomic E-state index is 10.9. The number of morpholine rings is 1. The average Bonchev–Trinajstić information content (AvgIpc) is 2.30. The van der Waals surface area contributed by atoms with Gasteiger partial charge in [-0.15, -0.1) is 12.4 Å². The van der Waals surface area contributed by atoms with Crippen LogP contribution in [0, 0.1) is 10.1 Å². The summed E-state index contributed by atoms with van der Waals surface area (Å²) in [6.45, 7) is 2.54. The molecule has 0 amide bonds. The van der Waals surface area contributed by atoms with Crippen LogP contribution in [0.3, 0.4) is 0 Å². The molecule has 1 heterocycles. The van der Waals surface area contributed by atoms with Crippen LogP contribution >= 0.6 is 12.4 Å². The van der Waals surface area contributed by atoms with Gasteiger partial charge in [0.2, 0.25) is 0 Å². The molecule has 1 aliphatic heterocycles. The Labute approximate surface area is 105 Å². The number of hydrogen-bond acceptors (Lipinski definition) is 5. The van der Waals surface area contributed by atoms with Crippen molar-refractivity contribution in [2.24, 2.45) is 0 Å². The largest absolute Gasteiger partial charge is 0.399 e. The smallest absolute Gasteiger partial charge is 0.294 e. The van der Waals surface area contributed by atoms with Crippen molar-refractivity contribution >= 4 is 29.5 Å². The van der Waals surface area contributed by atoms with Gasteiger partial charge in [-0.25, -0.2) is 0 Å². The Kier molecular flexibility index (Phi) is 4.53. The lowest BCUT2D eigenvalue weighted by Gasteiger charge is -2.28. The van der Waals surface area contributed by atoms with E-state index in [1.54, 1.807) is 12.1 Å². The molecule has 0 atom stereocenters. The first kappa shape index (κ1) is 13.5. The molecule has 0 bridgehead atoms. The number of hydrogen-bond donors (Lipinski definition) is 1. The molecule has 0 aliphatic carbocycles. The first-order chi connectivity index (χ1) is 7.68. The predicted molar refractivity (Wildman–Crippen MR) is 67.8 cm³/mol. The third-order valence-corrected chi connectivity index (χ3v) is 2.55. The minimum absolute atomic E-state index is 0. The van der Waals surface area contributed by atoms with Crippen LogP contribution in [-0.4, -0.2) is 31.2 Å². The van der Waals surface area contributed by atoms with E-state index in [1.807, 2.05) is 4.90 Å². The molecule has 2 N–H and O–H groups in total. The highest BCUT2D eigenvalue weighted by molar-refractivity contribution is 5.85. The molecular formula is C10H14ClN3O3. The van der Waals surface area contributed by atoms with Gasteiger partial charge in [-0.2, -0.15) is 0 Å². The standard InChI is InChI=1S/C10H13N3O3.ClH/c11-8-1-2-9(10(7-8)13(14)15)12-3-5-16-6-4-12;/h1-2,7H,3-6,11H2;1H. The molecule has 0 radical (unpaired) electrons.